The summed E-state index contributed by atoms with van der Waals surface area (Å²) in [6.07, 6.45) is 3.41. The van der Waals surface area contributed by atoms with Crippen LogP contribution in [0, 0.1) is 6.92 Å². The van der Waals surface area contributed by atoms with Crippen molar-refractivity contribution in [3.63, 3.8) is 0 Å². The van der Waals surface area contributed by atoms with E-state index in [0.29, 0.717) is 5.56 Å². The Morgan fingerprint density at radius 3 is 2.88 bits per heavy atom. The Hall–Kier alpha value is -1.01. The number of H-pyrrole nitrogens is 1. The molecule has 0 aliphatic rings. The third-order valence-electron chi connectivity index (χ3n) is 2.47. The zero-order chi connectivity index (χ0) is 12.1. The molecule has 2 unspecified atom stereocenters. The van der Waals surface area contributed by atoms with E-state index in [-0.39, 0.29) is 23.8 Å². The van der Waals surface area contributed by atoms with Crippen LogP contribution in [-0.4, -0.2) is 45.4 Å². The minimum Gasteiger partial charge on any atom is -0.395 e. The van der Waals surface area contributed by atoms with Crippen molar-refractivity contribution in [1.29, 1.82) is 0 Å². The van der Waals surface area contributed by atoms with Crippen molar-refractivity contribution in [3.05, 3.63) is 17.5 Å². The van der Waals surface area contributed by atoms with E-state index in [2.05, 4.69) is 15.5 Å². The number of amides is 1. The first-order chi connectivity index (χ1) is 7.60. The number of rotatable bonds is 5. The lowest BCUT2D eigenvalue weighted by molar-refractivity contribution is 0.0935. The molecule has 0 aromatic carbocycles. The molecule has 16 heavy (non-hydrogen) atoms. The molecule has 1 heterocycles. The molecule has 0 spiro atoms. The Balaban J connectivity index is 2.61. The van der Waals surface area contributed by atoms with Crippen LogP contribution in [-0.2, 0) is 0 Å². The number of carbonyl (C=O) groups excluding carboxylic acids is 1. The summed E-state index contributed by atoms with van der Waals surface area (Å²) in [6.45, 7) is 3.72. The zero-order valence-corrected chi connectivity index (χ0v) is 10.5. The van der Waals surface area contributed by atoms with Gasteiger partial charge in [0, 0.05) is 17.0 Å². The van der Waals surface area contributed by atoms with E-state index in [0.717, 1.165) is 5.69 Å². The lowest BCUT2D eigenvalue weighted by Gasteiger charge is -2.21. The molecule has 0 radical (unpaired) electrons. The van der Waals surface area contributed by atoms with Gasteiger partial charge in [-0.1, -0.05) is 0 Å². The molecule has 1 aromatic heterocycles. The van der Waals surface area contributed by atoms with Crippen LogP contribution in [0.15, 0.2) is 6.20 Å². The summed E-state index contributed by atoms with van der Waals surface area (Å²) in [7, 11) is 0. The van der Waals surface area contributed by atoms with Crippen LogP contribution >= 0.6 is 11.8 Å². The first-order valence-electron chi connectivity index (χ1n) is 5.04. The summed E-state index contributed by atoms with van der Waals surface area (Å²) < 4.78 is 0. The molecule has 2 atom stereocenters. The van der Waals surface area contributed by atoms with E-state index >= 15 is 0 Å². The van der Waals surface area contributed by atoms with Gasteiger partial charge in [-0.2, -0.15) is 16.9 Å². The highest BCUT2D eigenvalue weighted by molar-refractivity contribution is 7.99. The van der Waals surface area contributed by atoms with Gasteiger partial charge in [-0.3, -0.25) is 9.89 Å². The molecule has 1 amide bonds. The Labute approximate surface area is 99.0 Å². The normalized spacial score (nSPS) is 14.5. The zero-order valence-electron chi connectivity index (χ0n) is 9.65. The van der Waals surface area contributed by atoms with E-state index in [1.165, 1.54) is 18.0 Å². The minimum atomic E-state index is -0.161. The molecule has 1 rings (SSSR count). The number of aliphatic hydroxyl groups is 1. The van der Waals surface area contributed by atoms with Crippen molar-refractivity contribution in [3.8, 4) is 0 Å². The largest absolute Gasteiger partial charge is 0.395 e. The number of hydrogen-bond donors (Lipinski definition) is 3. The van der Waals surface area contributed by atoms with E-state index in [1.54, 1.807) is 6.92 Å². The maximum atomic E-state index is 11.8. The van der Waals surface area contributed by atoms with Crippen LogP contribution in [0.25, 0.3) is 0 Å². The summed E-state index contributed by atoms with van der Waals surface area (Å²) in [6, 6.07) is -0.0817. The molecule has 0 bridgehead atoms. The number of thioether (sulfide) groups is 1. The molecular formula is C10H17N3O2S. The summed E-state index contributed by atoms with van der Waals surface area (Å²) in [5, 5.41) is 18.5. The second kappa shape index (κ2) is 5.91. The summed E-state index contributed by atoms with van der Waals surface area (Å²) in [4.78, 5) is 11.8. The van der Waals surface area contributed by atoms with Crippen LogP contribution in [0.1, 0.15) is 23.0 Å². The number of aromatic nitrogens is 2. The highest BCUT2D eigenvalue weighted by atomic mass is 32.2. The lowest BCUT2D eigenvalue weighted by Crippen LogP contribution is -2.41. The topological polar surface area (TPSA) is 78.0 Å². The van der Waals surface area contributed by atoms with E-state index in [1.807, 2.05) is 13.2 Å². The number of hydrogen-bond acceptors (Lipinski definition) is 4. The SMILES string of the molecule is CSC(CO)C(C)NC(=O)c1cn[nH]c1C. The van der Waals surface area contributed by atoms with Gasteiger partial charge in [0.15, 0.2) is 0 Å². The van der Waals surface area contributed by atoms with Gasteiger partial charge >= 0.3 is 0 Å². The van der Waals surface area contributed by atoms with Crippen molar-refractivity contribution in [1.82, 2.24) is 15.5 Å². The Bertz CT molecular complexity index is 350. The predicted molar refractivity (Wildman–Crippen MR) is 64.6 cm³/mol. The van der Waals surface area contributed by atoms with Gasteiger partial charge in [0.25, 0.3) is 5.91 Å². The predicted octanol–water partition coefficient (Wildman–Crippen LogP) is 0.560. The van der Waals surface area contributed by atoms with Gasteiger partial charge < -0.3 is 10.4 Å². The highest BCUT2D eigenvalue weighted by Gasteiger charge is 2.19. The molecule has 0 fully saturated rings. The van der Waals surface area contributed by atoms with Gasteiger partial charge in [-0.25, -0.2) is 0 Å². The fourth-order valence-electron chi connectivity index (χ4n) is 1.39. The molecule has 0 saturated carbocycles. The second-order valence-corrected chi connectivity index (χ2v) is 4.70. The lowest BCUT2D eigenvalue weighted by atomic mass is 10.2. The molecule has 0 aliphatic carbocycles. The minimum absolute atomic E-state index is 0.0103. The van der Waals surface area contributed by atoms with Gasteiger partial charge in [0.05, 0.1) is 18.4 Å². The van der Waals surface area contributed by atoms with Gasteiger partial charge in [0.1, 0.15) is 0 Å². The Morgan fingerprint density at radius 1 is 1.75 bits per heavy atom. The molecular weight excluding hydrogens is 226 g/mol. The van der Waals surface area contributed by atoms with Crippen molar-refractivity contribution in [2.24, 2.45) is 0 Å². The number of aliphatic hydroxyl groups excluding tert-OH is 1. The fourth-order valence-corrected chi connectivity index (χ4v) is 2.02. The summed E-state index contributed by atoms with van der Waals surface area (Å²) in [5.41, 5.74) is 1.29. The molecule has 5 nitrogen and oxygen atoms in total. The van der Waals surface area contributed by atoms with E-state index in [9.17, 15) is 4.79 Å². The third kappa shape index (κ3) is 2.99. The van der Waals surface area contributed by atoms with Crippen molar-refractivity contribution in [2.75, 3.05) is 12.9 Å². The quantitative estimate of drug-likeness (QED) is 0.706. The number of carbonyl (C=O) groups is 1. The number of aryl methyl sites for hydroxylation is 1. The first-order valence-corrected chi connectivity index (χ1v) is 6.33. The Morgan fingerprint density at radius 2 is 2.44 bits per heavy atom. The standard InChI is InChI=1S/C10H17N3O2S/c1-6-8(4-11-13-6)10(15)12-7(2)9(5-14)16-3/h4,7,9,14H,5H2,1-3H3,(H,11,13)(H,12,15). The van der Waals surface area contributed by atoms with Crippen LogP contribution in [0.2, 0.25) is 0 Å². The van der Waals surface area contributed by atoms with Crippen LogP contribution < -0.4 is 5.32 Å². The Kier molecular flexibility index (Phi) is 4.82. The summed E-state index contributed by atoms with van der Waals surface area (Å²) >= 11 is 1.53. The fraction of sp³-hybridized carbons (Fsp3) is 0.600. The first kappa shape index (κ1) is 13.1. The number of nitrogens with zero attached hydrogens (tertiary/aromatic N) is 1. The third-order valence-corrected chi connectivity index (χ3v) is 3.64. The smallest absolute Gasteiger partial charge is 0.254 e. The van der Waals surface area contributed by atoms with Crippen LogP contribution in [0.5, 0.6) is 0 Å². The van der Waals surface area contributed by atoms with Gasteiger partial charge in [-0.15, -0.1) is 0 Å². The molecule has 0 saturated heterocycles. The monoisotopic (exact) mass is 243 g/mol. The van der Waals surface area contributed by atoms with E-state index in [4.69, 9.17) is 5.11 Å². The molecule has 90 valence electrons. The van der Waals surface area contributed by atoms with Gasteiger partial charge in [0.2, 0.25) is 0 Å². The van der Waals surface area contributed by atoms with Crippen LogP contribution in [0.4, 0.5) is 0 Å². The van der Waals surface area contributed by atoms with Crippen LogP contribution in [0.3, 0.4) is 0 Å². The van der Waals surface area contributed by atoms with Crippen molar-refractivity contribution in [2.45, 2.75) is 25.1 Å². The van der Waals surface area contributed by atoms with E-state index < -0.39 is 0 Å². The van der Waals surface area contributed by atoms with Crippen molar-refractivity contribution >= 4 is 17.7 Å². The maximum absolute atomic E-state index is 11.8. The molecule has 6 heteroatoms. The molecule has 0 aliphatic heterocycles. The molecule has 1 aromatic rings. The summed E-state index contributed by atoms with van der Waals surface area (Å²) in [5.74, 6) is -0.161. The number of aromatic amines is 1. The average Bonchev–Trinajstić information content (AvgIpc) is 2.66. The second-order valence-electron chi connectivity index (χ2n) is 3.63. The highest BCUT2D eigenvalue weighted by Crippen LogP contribution is 2.11. The maximum Gasteiger partial charge on any atom is 0.254 e. The van der Waals surface area contributed by atoms with Crippen molar-refractivity contribution < 1.29 is 9.90 Å². The van der Waals surface area contributed by atoms with Gasteiger partial charge in [-0.05, 0) is 20.1 Å². The molecule has 3 N–H and O–H groups in total. The average molecular weight is 243 g/mol. The number of nitrogens with one attached hydrogen (secondary N) is 2.